The maximum absolute atomic E-state index is 13.4. The van der Waals surface area contributed by atoms with Gasteiger partial charge in [0.2, 0.25) is 5.91 Å². The highest BCUT2D eigenvalue weighted by molar-refractivity contribution is 6.35. The standard InChI is InChI=1S/C22H31Cl2N3O3/c1-14(2)20(27-12-15(3)30-16(4)13-27)22(29)26-7-5-25(6-8-26)21(28)17-9-18(23)11-19(24)10-17/h9-11,14-16,20H,5-8,12-13H2,1-4H3. The third-order valence-electron chi connectivity index (χ3n) is 5.71. The molecule has 2 heterocycles. The van der Waals surface area contributed by atoms with E-state index in [0.29, 0.717) is 41.8 Å². The van der Waals surface area contributed by atoms with Gasteiger partial charge in [0.1, 0.15) is 0 Å². The molecule has 0 N–H and O–H groups in total. The largest absolute Gasteiger partial charge is 0.373 e. The van der Waals surface area contributed by atoms with E-state index >= 15 is 0 Å². The number of rotatable bonds is 4. The van der Waals surface area contributed by atoms with Gasteiger partial charge in [0.15, 0.2) is 0 Å². The van der Waals surface area contributed by atoms with Gasteiger partial charge in [-0.2, -0.15) is 0 Å². The zero-order valence-corrected chi connectivity index (χ0v) is 19.6. The van der Waals surface area contributed by atoms with E-state index < -0.39 is 0 Å². The number of piperazine rings is 1. The van der Waals surface area contributed by atoms with Crippen molar-refractivity contribution in [3.8, 4) is 0 Å². The Bertz CT molecular complexity index is 751. The summed E-state index contributed by atoms with van der Waals surface area (Å²) in [6.07, 6.45) is 0.226. The first-order valence-electron chi connectivity index (χ1n) is 10.6. The number of ether oxygens (including phenoxy) is 1. The van der Waals surface area contributed by atoms with Gasteiger partial charge < -0.3 is 14.5 Å². The van der Waals surface area contributed by atoms with Crippen molar-refractivity contribution in [2.45, 2.75) is 45.9 Å². The molecule has 0 aromatic heterocycles. The van der Waals surface area contributed by atoms with Crippen LogP contribution in [0.4, 0.5) is 0 Å². The molecule has 30 heavy (non-hydrogen) atoms. The summed E-state index contributed by atoms with van der Waals surface area (Å²) in [7, 11) is 0. The lowest BCUT2D eigenvalue weighted by Crippen LogP contribution is -2.60. The Labute approximate surface area is 189 Å². The molecule has 3 atom stereocenters. The highest BCUT2D eigenvalue weighted by Crippen LogP contribution is 2.23. The van der Waals surface area contributed by atoms with Crippen LogP contribution in [0, 0.1) is 5.92 Å². The Morgan fingerprint density at radius 1 is 0.933 bits per heavy atom. The van der Waals surface area contributed by atoms with Gasteiger partial charge in [-0.15, -0.1) is 0 Å². The van der Waals surface area contributed by atoms with Crippen molar-refractivity contribution in [1.82, 2.24) is 14.7 Å². The van der Waals surface area contributed by atoms with Crippen LogP contribution in [0.1, 0.15) is 38.1 Å². The van der Waals surface area contributed by atoms with Gasteiger partial charge in [0.25, 0.3) is 5.91 Å². The Morgan fingerprint density at radius 2 is 1.43 bits per heavy atom. The molecule has 6 nitrogen and oxygen atoms in total. The number of morpholine rings is 1. The Hall–Kier alpha value is -1.34. The van der Waals surface area contributed by atoms with E-state index in [-0.39, 0.29) is 36.0 Å². The smallest absolute Gasteiger partial charge is 0.254 e. The van der Waals surface area contributed by atoms with Crippen molar-refractivity contribution < 1.29 is 14.3 Å². The molecule has 2 fully saturated rings. The molecular weight excluding hydrogens is 425 g/mol. The van der Waals surface area contributed by atoms with Crippen molar-refractivity contribution in [1.29, 1.82) is 0 Å². The first-order valence-corrected chi connectivity index (χ1v) is 11.3. The van der Waals surface area contributed by atoms with E-state index in [9.17, 15) is 9.59 Å². The summed E-state index contributed by atoms with van der Waals surface area (Å²) in [5, 5.41) is 0.877. The predicted molar refractivity (Wildman–Crippen MR) is 119 cm³/mol. The summed E-state index contributed by atoms with van der Waals surface area (Å²) in [5.41, 5.74) is 0.476. The first-order chi connectivity index (χ1) is 14.2. The van der Waals surface area contributed by atoms with E-state index in [1.807, 2.05) is 4.90 Å². The van der Waals surface area contributed by atoms with Crippen LogP contribution in [-0.2, 0) is 9.53 Å². The Kier molecular flexibility index (Phi) is 7.66. The summed E-state index contributed by atoms with van der Waals surface area (Å²) >= 11 is 12.1. The second kappa shape index (κ2) is 9.86. The second-order valence-corrected chi connectivity index (χ2v) is 9.55. The van der Waals surface area contributed by atoms with Gasteiger partial charge in [-0.1, -0.05) is 37.0 Å². The molecule has 166 valence electrons. The van der Waals surface area contributed by atoms with Crippen molar-refractivity contribution in [2.75, 3.05) is 39.3 Å². The van der Waals surface area contributed by atoms with E-state index in [0.717, 1.165) is 13.1 Å². The number of halogens is 2. The van der Waals surface area contributed by atoms with Crippen molar-refractivity contribution >= 4 is 35.0 Å². The van der Waals surface area contributed by atoms with Crippen LogP contribution in [0.15, 0.2) is 18.2 Å². The second-order valence-electron chi connectivity index (χ2n) is 8.68. The summed E-state index contributed by atoms with van der Waals surface area (Å²) in [5.74, 6) is 0.232. The molecule has 2 aliphatic heterocycles. The fourth-order valence-corrected chi connectivity index (χ4v) is 5.01. The molecule has 3 unspecified atom stereocenters. The first kappa shape index (κ1) is 23.3. The molecule has 0 aliphatic carbocycles. The van der Waals surface area contributed by atoms with Crippen molar-refractivity contribution in [2.24, 2.45) is 5.92 Å². The lowest BCUT2D eigenvalue weighted by atomic mass is 9.98. The number of benzene rings is 1. The summed E-state index contributed by atoms with van der Waals surface area (Å²) in [6, 6.07) is 4.69. The van der Waals surface area contributed by atoms with Crippen LogP contribution in [0.3, 0.4) is 0 Å². The fraction of sp³-hybridized carbons (Fsp3) is 0.636. The van der Waals surface area contributed by atoms with E-state index in [1.54, 1.807) is 23.1 Å². The van der Waals surface area contributed by atoms with Gasteiger partial charge in [0, 0.05) is 54.9 Å². The zero-order valence-electron chi connectivity index (χ0n) is 18.1. The molecule has 2 aliphatic rings. The number of carbonyl (C=O) groups excluding carboxylic acids is 2. The maximum atomic E-state index is 13.4. The van der Waals surface area contributed by atoms with Gasteiger partial charge in [-0.05, 0) is 38.0 Å². The fourth-order valence-electron chi connectivity index (χ4n) is 4.48. The minimum atomic E-state index is -0.173. The minimum absolute atomic E-state index is 0.109. The molecule has 0 bridgehead atoms. The topological polar surface area (TPSA) is 53.1 Å². The molecular formula is C22H31Cl2N3O3. The maximum Gasteiger partial charge on any atom is 0.254 e. The minimum Gasteiger partial charge on any atom is -0.373 e. The van der Waals surface area contributed by atoms with Gasteiger partial charge in [-0.25, -0.2) is 0 Å². The predicted octanol–water partition coefficient (Wildman–Crippen LogP) is 3.41. The van der Waals surface area contributed by atoms with Crippen molar-refractivity contribution in [3.63, 3.8) is 0 Å². The number of hydrogen-bond donors (Lipinski definition) is 0. The van der Waals surface area contributed by atoms with Crippen LogP contribution in [0.2, 0.25) is 10.0 Å². The van der Waals surface area contributed by atoms with Gasteiger partial charge in [-0.3, -0.25) is 14.5 Å². The quantitative estimate of drug-likeness (QED) is 0.697. The van der Waals surface area contributed by atoms with Crippen LogP contribution < -0.4 is 0 Å². The summed E-state index contributed by atoms with van der Waals surface area (Å²) < 4.78 is 5.84. The lowest BCUT2D eigenvalue weighted by molar-refractivity contribution is -0.146. The average Bonchev–Trinajstić information content (AvgIpc) is 2.66. The molecule has 3 rings (SSSR count). The molecule has 0 radical (unpaired) electrons. The van der Waals surface area contributed by atoms with E-state index in [2.05, 4.69) is 32.6 Å². The molecule has 2 saturated heterocycles. The Morgan fingerprint density at radius 3 is 1.93 bits per heavy atom. The highest BCUT2D eigenvalue weighted by Gasteiger charge is 2.37. The number of amides is 2. The SMILES string of the molecule is CC1CN(C(C(=O)N2CCN(C(=O)c3cc(Cl)cc(Cl)c3)CC2)C(C)C)CC(C)O1. The number of carbonyl (C=O) groups is 2. The normalized spacial score (nSPS) is 24.2. The van der Waals surface area contributed by atoms with Crippen molar-refractivity contribution in [3.05, 3.63) is 33.8 Å². The van der Waals surface area contributed by atoms with Gasteiger partial charge in [0.05, 0.1) is 18.2 Å². The van der Waals surface area contributed by atoms with Crippen LogP contribution >= 0.6 is 23.2 Å². The highest BCUT2D eigenvalue weighted by atomic mass is 35.5. The molecule has 2 amide bonds. The Balaban J connectivity index is 1.64. The van der Waals surface area contributed by atoms with Crippen LogP contribution in [0.25, 0.3) is 0 Å². The van der Waals surface area contributed by atoms with E-state index in [1.165, 1.54) is 0 Å². The average molecular weight is 456 g/mol. The molecule has 1 aromatic rings. The number of nitrogens with zero attached hydrogens (tertiary/aromatic N) is 3. The lowest BCUT2D eigenvalue weighted by Gasteiger charge is -2.44. The molecule has 0 saturated carbocycles. The molecule has 0 spiro atoms. The summed E-state index contributed by atoms with van der Waals surface area (Å²) in [6.45, 7) is 11.8. The zero-order chi connectivity index (χ0) is 22.0. The van der Waals surface area contributed by atoms with Gasteiger partial charge >= 0.3 is 0 Å². The third-order valence-corrected chi connectivity index (χ3v) is 6.15. The van der Waals surface area contributed by atoms with E-state index in [4.69, 9.17) is 27.9 Å². The molecule has 1 aromatic carbocycles. The number of hydrogen-bond acceptors (Lipinski definition) is 4. The summed E-state index contributed by atoms with van der Waals surface area (Å²) in [4.78, 5) is 32.1. The van der Waals surface area contributed by atoms with Crippen LogP contribution in [0.5, 0.6) is 0 Å². The van der Waals surface area contributed by atoms with Crippen LogP contribution in [-0.4, -0.2) is 84.0 Å². The molecule has 8 heteroatoms. The third kappa shape index (κ3) is 5.47. The monoisotopic (exact) mass is 455 g/mol.